The second-order valence-electron chi connectivity index (χ2n) is 9.02. The fraction of sp³-hybridized carbons (Fsp3) is 0.259. The predicted molar refractivity (Wildman–Crippen MR) is 149 cm³/mol. The number of ether oxygens (including phenoxy) is 1. The van der Waals surface area contributed by atoms with Crippen LogP contribution in [0.1, 0.15) is 0 Å². The summed E-state index contributed by atoms with van der Waals surface area (Å²) in [5, 5.41) is 6.75. The molecule has 3 heterocycles. The molecule has 198 valence electrons. The summed E-state index contributed by atoms with van der Waals surface area (Å²) in [6.07, 6.45) is 4.14. The molecule has 0 aliphatic heterocycles. The van der Waals surface area contributed by atoms with E-state index in [1.807, 2.05) is 73.0 Å². The predicted octanol–water partition coefficient (Wildman–Crippen LogP) is 4.04. The fourth-order valence-electron chi connectivity index (χ4n) is 4.02. The zero-order chi connectivity index (χ0) is 27.4. The van der Waals surface area contributed by atoms with Gasteiger partial charge in [-0.15, -0.1) is 0 Å². The Balaban J connectivity index is 1.74. The average molecular weight is 519 g/mol. The molecule has 4 aromatic rings. The molecular formula is C27H31FN8O2. The maximum absolute atomic E-state index is 14.9. The number of pyridine rings is 1. The number of anilines is 4. The Kier molecular flexibility index (Phi) is 7.87. The van der Waals surface area contributed by atoms with Crippen molar-refractivity contribution in [3.63, 3.8) is 0 Å². The molecule has 0 saturated carbocycles. The van der Waals surface area contributed by atoms with Crippen LogP contribution in [0.25, 0.3) is 22.2 Å². The summed E-state index contributed by atoms with van der Waals surface area (Å²) < 4.78 is 22.4. The number of hydrogen-bond acceptors (Lipinski definition) is 8. The summed E-state index contributed by atoms with van der Waals surface area (Å²) >= 11 is 0. The van der Waals surface area contributed by atoms with E-state index in [9.17, 15) is 9.18 Å². The van der Waals surface area contributed by atoms with Crippen molar-refractivity contribution in [3.05, 3.63) is 61.2 Å². The van der Waals surface area contributed by atoms with Crippen molar-refractivity contribution in [1.29, 1.82) is 0 Å². The van der Waals surface area contributed by atoms with Crippen LogP contribution in [0, 0.1) is 5.82 Å². The van der Waals surface area contributed by atoms with Gasteiger partial charge in [0.1, 0.15) is 11.4 Å². The molecule has 0 spiro atoms. The third-order valence-corrected chi connectivity index (χ3v) is 5.99. The van der Waals surface area contributed by atoms with Gasteiger partial charge in [-0.1, -0.05) is 24.8 Å². The Morgan fingerprint density at radius 3 is 2.66 bits per heavy atom. The highest BCUT2D eigenvalue weighted by molar-refractivity contribution is 6.01. The monoisotopic (exact) mass is 518 g/mol. The Hall–Kier alpha value is -4.51. The molecule has 0 unspecified atom stereocenters. The Morgan fingerprint density at radius 1 is 1.18 bits per heavy atom. The van der Waals surface area contributed by atoms with Gasteiger partial charge in [0.2, 0.25) is 17.7 Å². The smallest absolute Gasteiger partial charge is 0.247 e. The van der Waals surface area contributed by atoms with E-state index in [2.05, 4.69) is 32.2 Å². The Labute approximate surface area is 220 Å². The minimum Gasteiger partial charge on any atom is -0.479 e. The van der Waals surface area contributed by atoms with Crippen LogP contribution in [0.4, 0.5) is 27.5 Å². The molecule has 0 aliphatic carbocycles. The number of carbonyl (C=O) groups excluding carboxylic acids is 1. The molecule has 4 rings (SSSR count). The van der Waals surface area contributed by atoms with Gasteiger partial charge < -0.3 is 29.7 Å². The molecule has 10 nitrogen and oxygen atoms in total. The van der Waals surface area contributed by atoms with Crippen molar-refractivity contribution in [1.82, 2.24) is 24.4 Å². The zero-order valence-corrected chi connectivity index (χ0v) is 22.1. The SMILES string of the molecule is C=CC(=O)Nc1cc(Nc2ncc(F)c(-c3cn(C)c4ccccc34)n2)c(OC)nc1N(C)CCN(C)C. The van der Waals surface area contributed by atoms with Gasteiger partial charge in [-0.2, -0.15) is 4.98 Å². The van der Waals surface area contributed by atoms with Crippen LogP contribution < -0.4 is 20.3 Å². The summed E-state index contributed by atoms with van der Waals surface area (Å²) in [6, 6.07) is 9.39. The van der Waals surface area contributed by atoms with Gasteiger partial charge in [0, 0.05) is 49.8 Å². The lowest BCUT2D eigenvalue weighted by atomic mass is 10.1. The highest BCUT2D eigenvalue weighted by Crippen LogP contribution is 2.35. The second kappa shape index (κ2) is 11.3. The second-order valence-corrected chi connectivity index (χ2v) is 9.02. The number of aromatic nitrogens is 4. The molecule has 3 aromatic heterocycles. The molecule has 0 aliphatic rings. The van der Waals surface area contributed by atoms with Crippen molar-refractivity contribution in [2.24, 2.45) is 7.05 Å². The molecule has 11 heteroatoms. The molecule has 38 heavy (non-hydrogen) atoms. The summed E-state index contributed by atoms with van der Waals surface area (Å²) in [5.41, 5.74) is 2.60. The maximum atomic E-state index is 14.9. The first-order valence-corrected chi connectivity index (χ1v) is 11.9. The Bertz CT molecular complexity index is 1480. The molecule has 0 bridgehead atoms. The minimum atomic E-state index is -0.547. The van der Waals surface area contributed by atoms with E-state index in [0.717, 1.165) is 23.6 Å². The molecule has 0 atom stereocenters. The van der Waals surface area contributed by atoms with Gasteiger partial charge in [-0.05, 0) is 32.3 Å². The van der Waals surface area contributed by atoms with E-state index in [4.69, 9.17) is 4.74 Å². The summed E-state index contributed by atoms with van der Waals surface area (Å²) in [4.78, 5) is 29.4. The summed E-state index contributed by atoms with van der Waals surface area (Å²) in [7, 11) is 9.22. The third-order valence-electron chi connectivity index (χ3n) is 5.99. The van der Waals surface area contributed by atoms with Gasteiger partial charge in [-0.25, -0.2) is 14.4 Å². The molecule has 0 fully saturated rings. The number of carbonyl (C=O) groups is 1. The molecule has 0 radical (unpaired) electrons. The van der Waals surface area contributed by atoms with E-state index in [1.165, 1.54) is 13.2 Å². The van der Waals surface area contributed by atoms with Crippen LogP contribution in [-0.4, -0.2) is 71.7 Å². The number of nitrogens with zero attached hydrogens (tertiary/aromatic N) is 6. The van der Waals surface area contributed by atoms with Crippen LogP contribution >= 0.6 is 0 Å². The maximum Gasteiger partial charge on any atom is 0.247 e. The number of para-hydroxylation sites is 1. The summed E-state index contributed by atoms with van der Waals surface area (Å²) in [5.74, 6) is -0.0201. The Morgan fingerprint density at radius 2 is 1.95 bits per heavy atom. The highest BCUT2D eigenvalue weighted by atomic mass is 19.1. The molecule has 0 saturated heterocycles. The largest absolute Gasteiger partial charge is 0.479 e. The number of aryl methyl sites for hydroxylation is 1. The van der Waals surface area contributed by atoms with Crippen LogP contribution in [-0.2, 0) is 11.8 Å². The third kappa shape index (κ3) is 5.57. The minimum absolute atomic E-state index is 0.143. The number of rotatable bonds is 10. The van der Waals surface area contributed by atoms with Crippen molar-refractivity contribution < 1.29 is 13.9 Å². The number of fused-ring (bicyclic) bond motifs is 1. The molecule has 2 N–H and O–H groups in total. The summed E-state index contributed by atoms with van der Waals surface area (Å²) in [6.45, 7) is 4.96. The highest BCUT2D eigenvalue weighted by Gasteiger charge is 2.20. The van der Waals surface area contributed by atoms with Crippen LogP contribution in [0.2, 0.25) is 0 Å². The molecule has 1 aromatic carbocycles. The first-order chi connectivity index (χ1) is 18.2. The van der Waals surface area contributed by atoms with Gasteiger partial charge in [0.05, 0.1) is 19.0 Å². The van der Waals surface area contributed by atoms with Gasteiger partial charge in [0.25, 0.3) is 0 Å². The molecular weight excluding hydrogens is 487 g/mol. The normalized spacial score (nSPS) is 11.0. The van der Waals surface area contributed by atoms with E-state index < -0.39 is 5.82 Å². The number of amides is 1. The fourth-order valence-corrected chi connectivity index (χ4v) is 4.02. The average Bonchev–Trinajstić information content (AvgIpc) is 3.24. The van der Waals surface area contributed by atoms with Crippen molar-refractivity contribution in [2.45, 2.75) is 0 Å². The van der Waals surface area contributed by atoms with Crippen molar-refractivity contribution >= 4 is 40.0 Å². The lowest BCUT2D eigenvalue weighted by Gasteiger charge is -2.24. The van der Waals surface area contributed by atoms with Gasteiger partial charge in [-0.3, -0.25) is 4.79 Å². The van der Waals surface area contributed by atoms with E-state index in [-0.39, 0.29) is 23.4 Å². The van der Waals surface area contributed by atoms with Gasteiger partial charge in [0.15, 0.2) is 11.6 Å². The number of methoxy groups -OCH3 is 1. The van der Waals surface area contributed by atoms with Crippen LogP contribution in [0.3, 0.4) is 0 Å². The molecule has 1 amide bonds. The number of benzene rings is 1. The number of likely N-dealkylation sites (N-methyl/N-ethyl adjacent to an activating group) is 2. The quantitative estimate of drug-likeness (QED) is 0.304. The van der Waals surface area contributed by atoms with Crippen molar-refractivity contribution in [2.75, 3.05) is 56.9 Å². The number of halogens is 1. The lowest BCUT2D eigenvalue weighted by Crippen LogP contribution is -2.30. The van der Waals surface area contributed by atoms with Crippen molar-refractivity contribution in [3.8, 4) is 17.1 Å². The number of nitrogens with one attached hydrogen (secondary N) is 2. The van der Waals surface area contributed by atoms with E-state index >= 15 is 0 Å². The van der Waals surface area contributed by atoms with Gasteiger partial charge >= 0.3 is 0 Å². The van der Waals surface area contributed by atoms with Crippen LogP contribution in [0.15, 0.2) is 55.4 Å². The zero-order valence-electron chi connectivity index (χ0n) is 22.1. The first-order valence-electron chi connectivity index (χ1n) is 11.9. The standard InChI is InChI=1S/C27H31FN8O2/c1-7-23(37)30-20-14-21(26(38-6)33-25(20)35(4)13-12-34(2)3)31-27-29-15-19(28)24(32-27)18-16-36(5)22-11-9-8-10-17(18)22/h7-11,14-16H,1,12-13H2,2-6H3,(H,30,37)(H,29,31,32). The topological polar surface area (TPSA) is 100 Å². The van der Waals surface area contributed by atoms with E-state index in [0.29, 0.717) is 29.3 Å². The van der Waals surface area contributed by atoms with Crippen LogP contribution in [0.5, 0.6) is 5.88 Å². The first kappa shape index (κ1) is 26.6. The number of hydrogen-bond donors (Lipinski definition) is 2. The lowest BCUT2D eigenvalue weighted by molar-refractivity contribution is -0.111. The van der Waals surface area contributed by atoms with E-state index in [1.54, 1.807) is 6.07 Å².